The molecule has 2 N–H and O–H groups in total. The molecular formula is C18H24N4OS. The van der Waals surface area contributed by atoms with E-state index >= 15 is 0 Å². The van der Waals surface area contributed by atoms with Crippen molar-refractivity contribution in [2.75, 3.05) is 12.3 Å². The number of rotatable bonds is 4. The summed E-state index contributed by atoms with van der Waals surface area (Å²) in [5, 5.41) is 0. The number of nitrogens with zero attached hydrogens (tertiary/aromatic N) is 3. The number of amides is 1. The molecule has 3 rings (SSSR count). The maximum atomic E-state index is 12.6. The SMILES string of the molecule is CC(C)[C@H]1c2nc(-c3ccccc3)cn2CCN1C(=O)[C@@H](N)CS. The molecule has 0 spiro atoms. The van der Waals surface area contributed by atoms with E-state index in [0.717, 1.165) is 23.6 Å². The zero-order chi connectivity index (χ0) is 17.3. The Labute approximate surface area is 148 Å². The molecule has 5 nitrogen and oxygen atoms in total. The van der Waals surface area contributed by atoms with E-state index in [-0.39, 0.29) is 17.9 Å². The fraction of sp³-hybridized carbons (Fsp3) is 0.444. The molecule has 0 unspecified atom stereocenters. The average Bonchev–Trinajstić information content (AvgIpc) is 3.04. The quantitative estimate of drug-likeness (QED) is 0.837. The van der Waals surface area contributed by atoms with Gasteiger partial charge in [0.15, 0.2) is 0 Å². The van der Waals surface area contributed by atoms with Gasteiger partial charge >= 0.3 is 0 Å². The molecule has 1 aromatic carbocycles. The van der Waals surface area contributed by atoms with Crippen LogP contribution in [0.4, 0.5) is 0 Å². The van der Waals surface area contributed by atoms with Gasteiger partial charge in [0, 0.05) is 30.6 Å². The van der Waals surface area contributed by atoms with Crippen LogP contribution in [0.1, 0.15) is 25.7 Å². The third kappa shape index (κ3) is 3.08. The van der Waals surface area contributed by atoms with E-state index in [0.29, 0.717) is 12.3 Å². The summed E-state index contributed by atoms with van der Waals surface area (Å²) in [5.74, 6) is 1.50. The number of hydrogen-bond donors (Lipinski definition) is 2. The Bertz CT molecular complexity index is 713. The van der Waals surface area contributed by atoms with E-state index in [1.165, 1.54) is 0 Å². The molecule has 0 radical (unpaired) electrons. The maximum absolute atomic E-state index is 12.6. The number of benzene rings is 1. The molecule has 0 aliphatic carbocycles. The van der Waals surface area contributed by atoms with Gasteiger partial charge in [-0.25, -0.2) is 4.98 Å². The Morgan fingerprint density at radius 1 is 1.33 bits per heavy atom. The number of thiol groups is 1. The summed E-state index contributed by atoms with van der Waals surface area (Å²) in [6.07, 6.45) is 2.08. The number of nitrogens with two attached hydrogens (primary N) is 1. The highest BCUT2D eigenvalue weighted by molar-refractivity contribution is 7.80. The fourth-order valence-electron chi connectivity index (χ4n) is 3.28. The smallest absolute Gasteiger partial charge is 0.241 e. The van der Waals surface area contributed by atoms with Gasteiger partial charge in [0.05, 0.1) is 17.8 Å². The van der Waals surface area contributed by atoms with Gasteiger partial charge in [0.1, 0.15) is 5.82 Å². The Morgan fingerprint density at radius 3 is 2.67 bits per heavy atom. The summed E-state index contributed by atoms with van der Waals surface area (Å²) < 4.78 is 2.17. The third-order valence-electron chi connectivity index (χ3n) is 4.49. The predicted molar refractivity (Wildman–Crippen MR) is 98.8 cm³/mol. The van der Waals surface area contributed by atoms with Gasteiger partial charge < -0.3 is 15.2 Å². The van der Waals surface area contributed by atoms with Crippen molar-refractivity contribution < 1.29 is 4.79 Å². The minimum Gasteiger partial charge on any atom is -0.331 e. The van der Waals surface area contributed by atoms with Gasteiger partial charge in [0.25, 0.3) is 0 Å². The first-order valence-corrected chi connectivity index (χ1v) is 8.95. The van der Waals surface area contributed by atoms with Gasteiger partial charge in [-0.05, 0) is 5.92 Å². The summed E-state index contributed by atoms with van der Waals surface area (Å²) in [7, 11) is 0. The number of hydrogen-bond acceptors (Lipinski definition) is 4. The first-order chi connectivity index (χ1) is 11.5. The van der Waals surface area contributed by atoms with Crippen molar-refractivity contribution >= 4 is 18.5 Å². The average molecular weight is 344 g/mol. The van der Waals surface area contributed by atoms with Gasteiger partial charge in [0.2, 0.25) is 5.91 Å². The molecule has 2 atom stereocenters. The first-order valence-electron chi connectivity index (χ1n) is 8.32. The van der Waals surface area contributed by atoms with Crippen LogP contribution in [0.5, 0.6) is 0 Å². The number of fused-ring (bicyclic) bond motifs is 1. The lowest BCUT2D eigenvalue weighted by Gasteiger charge is -2.39. The van der Waals surface area contributed by atoms with Gasteiger partial charge in [-0.1, -0.05) is 44.2 Å². The molecule has 0 saturated heterocycles. The second-order valence-corrected chi connectivity index (χ2v) is 6.92. The number of imidazole rings is 1. The zero-order valence-electron chi connectivity index (χ0n) is 14.1. The molecule has 24 heavy (non-hydrogen) atoms. The summed E-state index contributed by atoms with van der Waals surface area (Å²) in [4.78, 5) is 19.4. The van der Waals surface area contributed by atoms with Crippen LogP contribution in [0.15, 0.2) is 36.5 Å². The Hall–Kier alpha value is -1.79. The molecule has 0 fully saturated rings. The van der Waals surface area contributed by atoms with E-state index in [1.807, 2.05) is 23.1 Å². The van der Waals surface area contributed by atoms with Crippen LogP contribution in [0.25, 0.3) is 11.3 Å². The van der Waals surface area contributed by atoms with E-state index < -0.39 is 6.04 Å². The van der Waals surface area contributed by atoms with Crippen LogP contribution in [0.3, 0.4) is 0 Å². The van der Waals surface area contributed by atoms with Crippen molar-refractivity contribution in [2.24, 2.45) is 11.7 Å². The van der Waals surface area contributed by atoms with Crippen molar-refractivity contribution in [2.45, 2.75) is 32.5 Å². The molecule has 1 aliphatic heterocycles. The monoisotopic (exact) mass is 344 g/mol. The number of carbonyl (C=O) groups is 1. The van der Waals surface area contributed by atoms with Crippen molar-refractivity contribution in [3.05, 3.63) is 42.4 Å². The molecule has 0 bridgehead atoms. The molecule has 6 heteroatoms. The fourth-order valence-corrected chi connectivity index (χ4v) is 3.44. The second-order valence-electron chi connectivity index (χ2n) is 6.55. The van der Waals surface area contributed by atoms with Crippen LogP contribution in [-0.2, 0) is 11.3 Å². The Kier molecular flexibility index (Phi) is 4.96. The molecule has 2 heterocycles. The first kappa shape index (κ1) is 17.0. The van der Waals surface area contributed by atoms with Crippen LogP contribution in [0, 0.1) is 5.92 Å². The van der Waals surface area contributed by atoms with E-state index in [9.17, 15) is 4.79 Å². The summed E-state index contributed by atoms with van der Waals surface area (Å²) in [6, 6.07) is 9.50. The molecule has 1 aromatic heterocycles. The third-order valence-corrected chi connectivity index (χ3v) is 4.88. The van der Waals surface area contributed by atoms with Gasteiger partial charge in [-0.15, -0.1) is 0 Å². The Morgan fingerprint density at radius 2 is 2.04 bits per heavy atom. The maximum Gasteiger partial charge on any atom is 0.241 e. The van der Waals surface area contributed by atoms with Crippen molar-refractivity contribution in [3.63, 3.8) is 0 Å². The van der Waals surface area contributed by atoms with Crippen molar-refractivity contribution in [1.29, 1.82) is 0 Å². The van der Waals surface area contributed by atoms with E-state index in [4.69, 9.17) is 10.7 Å². The minimum absolute atomic E-state index is 0.0424. The highest BCUT2D eigenvalue weighted by Crippen LogP contribution is 2.33. The van der Waals surface area contributed by atoms with Gasteiger partial charge in [-0.2, -0.15) is 12.6 Å². The highest BCUT2D eigenvalue weighted by Gasteiger charge is 2.36. The predicted octanol–water partition coefficient (Wildman–Crippen LogP) is 2.35. The Balaban J connectivity index is 1.98. The largest absolute Gasteiger partial charge is 0.331 e. The standard InChI is InChI=1S/C18H24N4OS/c1-12(2)16-17-20-15(13-6-4-3-5-7-13)10-21(17)8-9-22(16)18(23)14(19)11-24/h3-7,10,12,14,16,24H,8-9,11,19H2,1-2H3/t14-,16-/m0/s1. The molecule has 128 valence electrons. The molecule has 1 amide bonds. The lowest BCUT2D eigenvalue weighted by Crippen LogP contribution is -2.51. The highest BCUT2D eigenvalue weighted by atomic mass is 32.1. The number of carbonyl (C=O) groups excluding carboxylic acids is 1. The van der Waals surface area contributed by atoms with E-state index in [2.05, 4.69) is 49.4 Å². The molecule has 1 aliphatic rings. The van der Waals surface area contributed by atoms with Gasteiger partial charge in [-0.3, -0.25) is 4.79 Å². The van der Waals surface area contributed by atoms with Crippen LogP contribution < -0.4 is 5.73 Å². The topological polar surface area (TPSA) is 64.2 Å². The van der Waals surface area contributed by atoms with Crippen LogP contribution in [-0.4, -0.2) is 38.7 Å². The molecular weight excluding hydrogens is 320 g/mol. The lowest BCUT2D eigenvalue weighted by molar-refractivity contribution is -0.137. The second kappa shape index (κ2) is 6.99. The summed E-state index contributed by atoms with van der Waals surface area (Å²) in [6.45, 7) is 5.62. The molecule has 2 aromatic rings. The lowest BCUT2D eigenvalue weighted by atomic mass is 9.99. The minimum atomic E-state index is -0.565. The van der Waals surface area contributed by atoms with Crippen LogP contribution >= 0.6 is 12.6 Å². The van der Waals surface area contributed by atoms with Crippen molar-refractivity contribution in [1.82, 2.24) is 14.5 Å². The van der Waals surface area contributed by atoms with Crippen LogP contribution in [0.2, 0.25) is 0 Å². The summed E-state index contributed by atoms with van der Waals surface area (Å²) in [5.41, 5.74) is 7.97. The normalized spacial score (nSPS) is 18.5. The number of aromatic nitrogens is 2. The zero-order valence-corrected chi connectivity index (χ0v) is 15.0. The summed E-state index contributed by atoms with van der Waals surface area (Å²) >= 11 is 4.17. The van der Waals surface area contributed by atoms with E-state index in [1.54, 1.807) is 0 Å². The van der Waals surface area contributed by atoms with Crippen molar-refractivity contribution in [3.8, 4) is 11.3 Å². The molecule has 0 saturated carbocycles.